The molecule has 2 rings (SSSR count). The summed E-state index contributed by atoms with van der Waals surface area (Å²) in [4.78, 5) is 0. The van der Waals surface area contributed by atoms with Crippen molar-refractivity contribution in [2.45, 2.75) is 26.7 Å². The Kier molecular flexibility index (Phi) is 8.81. The number of halogens is 1. The van der Waals surface area contributed by atoms with Crippen LogP contribution in [0.15, 0.2) is 18.2 Å². The van der Waals surface area contributed by atoms with Crippen molar-refractivity contribution >= 4 is 25.4 Å². The average Bonchev–Trinajstić information content (AvgIpc) is 2.72. The number of hydrogen-bond donors (Lipinski definition) is 0. The van der Waals surface area contributed by atoms with Crippen LogP contribution >= 0.6 is 0 Å². The van der Waals surface area contributed by atoms with Crippen molar-refractivity contribution in [2.24, 2.45) is 0 Å². The molecule has 0 bridgehead atoms. The first-order valence-electron chi connectivity index (χ1n) is 5.17. The Morgan fingerprint density at radius 3 is 2.07 bits per heavy atom. The van der Waals surface area contributed by atoms with E-state index in [1.165, 1.54) is 27.7 Å². The molecule has 15 heavy (non-hydrogen) atoms. The van der Waals surface area contributed by atoms with Crippen molar-refractivity contribution in [3.05, 3.63) is 29.3 Å². The first-order chi connectivity index (χ1) is 6.72. The summed E-state index contributed by atoms with van der Waals surface area (Å²) in [6, 6.07) is 6.40. The number of benzene rings is 1. The minimum atomic E-state index is 0. The van der Waals surface area contributed by atoms with Gasteiger partial charge in [0.1, 0.15) is 0 Å². The molecule has 1 aliphatic heterocycles. The average molecular weight is 281 g/mol. The quantitative estimate of drug-likeness (QED) is 0.549. The van der Waals surface area contributed by atoms with Crippen LogP contribution in [0.3, 0.4) is 0 Å². The van der Waals surface area contributed by atoms with E-state index in [1.807, 2.05) is 21.7 Å². The third-order valence-corrected chi connectivity index (χ3v) is 3.31. The van der Waals surface area contributed by atoms with E-state index in [1.54, 1.807) is 0 Å². The van der Waals surface area contributed by atoms with Crippen LogP contribution in [0, 0.1) is 13.8 Å². The predicted octanol–water partition coefficient (Wildman–Crippen LogP) is -1.10. The van der Waals surface area contributed by atoms with Gasteiger partial charge in [-0.15, -0.1) is 0 Å². The first-order valence-corrected chi connectivity index (χ1v) is 5.88. The smallest absolute Gasteiger partial charge is 1.00 e. The number of aryl methyl sites for hydroxylation is 1. The molecule has 1 aliphatic rings. The van der Waals surface area contributed by atoms with Crippen LogP contribution in [0.4, 0.5) is 0 Å². The Morgan fingerprint density at radius 1 is 1.13 bits per heavy atom. The van der Waals surface area contributed by atoms with Gasteiger partial charge in [0.25, 0.3) is 0 Å². The fourth-order valence-corrected chi connectivity index (χ4v) is 1.74. The van der Waals surface area contributed by atoms with Crippen LogP contribution in [0.5, 0.6) is 0 Å². The van der Waals surface area contributed by atoms with Crippen LogP contribution in [0.25, 0.3) is 0 Å². The zero-order valence-corrected chi connectivity index (χ0v) is 12.6. The first kappa shape index (κ1) is 15.4. The molecule has 0 amide bonds. The molecule has 80 valence electrons. The number of ether oxygens (including phenoxy) is 1. The van der Waals surface area contributed by atoms with Gasteiger partial charge in [-0.1, -0.05) is 0 Å². The second kappa shape index (κ2) is 8.56. The van der Waals surface area contributed by atoms with E-state index < -0.39 is 0 Å². The maximum Gasteiger partial charge on any atom is -1.00 e. The van der Waals surface area contributed by atoms with Gasteiger partial charge < -0.3 is 21.7 Å². The SMILES string of the molecule is C1CCOC1.Cc1ccc[c]([Mg+])c1C.[Br-]. The summed E-state index contributed by atoms with van der Waals surface area (Å²) >= 11 is 1.95. The van der Waals surface area contributed by atoms with Crippen molar-refractivity contribution in [3.8, 4) is 0 Å². The van der Waals surface area contributed by atoms with Gasteiger partial charge in [-0.2, -0.15) is 0 Å². The van der Waals surface area contributed by atoms with Crippen LogP contribution in [-0.4, -0.2) is 34.9 Å². The molecule has 1 fully saturated rings. The monoisotopic (exact) mass is 280 g/mol. The normalized spacial score (nSPS) is 13.9. The maximum absolute atomic E-state index is 4.94. The molecule has 0 unspecified atom stereocenters. The van der Waals surface area contributed by atoms with Crippen molar-refractivity contribution < 1.29 is 21.7 Å². The molecule has 0 saturated carbocycles. The third-order valence-electron chi connectivity index (χ3n) is 2.54. The van der Waals surface area contributed by atoms with Crippen LogP contribution < -0.4 is 20.7 Å². The molecule has 0 spiro atoms. The summed E-state index contributed by atoms with van der Waals surface area (Å²) in [5, 5.41) is 0. The van der Waals surface area contributed by atoms with E-state index in [-0.39, 0.29) is 17.0 Å². The Morgan fingerprint density at radius 2 is 1.73 bits per heavy atom. The fourth-order valence-electron chi connectivity index (χ4n) is 1.32. The Balaban J connectivity index is 0.000000280. The van der Waals surface area contributed by atoms with Gasteiger partial charge in [0, 0.05) is 13.2 Å². The topological polar surface area (TPSA) is 9.23 Å². The zero-order valence-electron chi connectivity index (χ0n) is 9.55. The van der Waals surface area contributed by atoms with Gasteiger partial charge >= 0.3 is 68.6 Å². The summed E-state index contributed by atoms with van der Waals surface area (Å²) in [5.74, 6) is 0. The second-order valence-corrected chi connectivity index (χ2v) is 4.44. The molecule has 0 aliphatic carbocycles. The molecule has 1 heterocycles. The van der Waals surface area contributed by atoms with Gasteiger partial charge in [0.15, 0.2) is 0 Å². The van der Waals surface area contributed by atoms with Gasteiger partial charge in [0.2, 0.25) is 0 Å². The molecule has 1 saturated heterocycles. The fraction of sp³-hybridized carbons (Fsp3) is 0.500. The Labute approximate surface area is 116 Å². The maximum atomic E-state index is 4.94. The zero-order chi connectivity index (χ0) is 10.4. The molecule has 0 aromatic heterocycles. The van der Waals surface area contributed by atoms with Crippen molar-refractivity contribution in [2.75, 3.05) is 13.2 Å². The number of rotatable bonds is 0. The van der Waals surface area contributed by atoms with Crippen LogP contribution in [-0.2, 0) is 4.74 Å². The van der Waals surface area contributed by atoms with Crippen molar-refractivity contribution in [1.82, 2.24) is 0 Å². The molecule has 3 heteroatoms. The summed E-state index contributed by atoms with van der Waals surface area (Å²) in [6.45, 7) is 6.31. The molecule has 0 atom stereocenters. The molecule has 1 aromatic rings. The van der Waals surface area contributed by atoms with Crippen LogP contribution in [0.2, 0.25) is 0 Å². The summed E-state index contributed by atoms with van der Waals surface area (Å²) < 4.78 is 6.36. The largest absolute Gasteiger partial charge is 1.00 e. The molecular formula is C12H17BrMgO. The third kappa shape index (κ3) is 5.90. The summed E-state index contributed by atoms with van der Waals surface area (Å²) in [5.41, 5.74) is 2.82. The Hall–Kier alpha value is 0.426. The van der Waals surface area contributed by atoms with E-state index in [0.717, 1.165) is 13.2 Å². The number of hydrogen-bond acceptors (Lipinski definition) is 1. The van der Waals surface area contributed by atoms with E-state index in [4.69, 9.17) is 4.74 Å². The standard InChI is InChI=1S/C8H9.C4H8O.BrH.Mg/c1-7-5-3-4-6-8(7)2;1-2-4-5-3-1;;/h3-5H,1-2H3;1-4H2;1H;/q;;;+1/p-1. The van der Waals surface area contributed by atoms with Gasteiger partial charge in [-0.3, -0.25) is 0 Å². The predicted molar refractivity (Wildman–Crippen MR) is 61.4 cm³/mol. The minimum absolute atomic E-state index is 0. The van der Waals surface area contributed by atoms with Gasteiger partial charge in [0.05, 0.1) is 0 Å². The summed E-state index contributed by atoms with van der Waals surface area (Å²) in [6.07, 6.45) is 2.56. The molecule has 0 radical (unpaired) electrons. The van der Waals surface area contributed by atoms with E-state index in [0.29, 0.717) is 0 Å². The second-order valence-electron chi connectivity index (χ2n) is 3.68. The van der Waals surface area contributed by atoms with E-state index in [2.05, 4.69) is 32.0 Å². The Bertz CT molecular complexity index is 257. The van der Waals surface area contributed by atoms with Crippen LogP contribution in [0.1, 0.15) is 24.0 Å². The van der Waals surface area contributed by atoms with Crippen molar-refractivity contribution in [3.63, 3.8) is 0 Å². The molecule has 1 nitrogen and oxygen atoms in total. The van der Waals surface area contributed by atoms with E-state index >= 15 is 0 Å². The van der Waals surface area contributed by atoms with E-state index in [9.17, 15) is 0 Å². The summed E-state index contributed by atoms with van der Waals surface area (Å²) in [7, 11) is 0. The molecular weight excluding hydrogens is 264 g/mol. The van der Waals surface area contributed by atoms with Gasteiger partial charge in [-0.25, -0.2) is 0 Å². The molecule has 1 aromatic carbocycles. The molecule has 0 N–H and O–H groups in total. The minimum Gasteiger partial charge on any atom is -1.00 e. The van der Waals surface area contributed by atoms with Crippen molar-refractivity contribution in [1.29, 1.82) is 0 Å². The van der Waals surface area contributed by atoms with Gasteiger partial charge in [-0.05, 0) is 12.8 Å².